The van der Waals surface area contributed by atoms with E-state index in [1.54, 1.807) is 39.8 Å². The zero-order valence-electron chi connectivity index (χ0n) is 34.9. The van der Waals surface area contributed by atoms with Crippen LogP contribution in [-0.4, -0.2) is 103 Å². The van der Waals surface area contributed by atoms with Gasteiger partial charge in [0.15, 0.2) is 11.5 Å². The number of ketones is 1. The molecule has 2 fully saturated rings. The molecule has 0 bridgehead atoms. The minimum atomic E-state index is -1.39. The van der Waals surface area contributed by atoms with Crippen LogP contribution in [0, 0.1) is 17.6 Å². The third-order valence-electron chi connectivity index (χ3n) is 10.4. The van der Waals surface area contributed by atoms with Crippen LogP contribution in [0.3, 0.4) is 0 Å². The molecule has 6 N–H and O–H groups in total. The lowest BCUT2D eigenvalue weighted by atomic mass is 9.83. The number of benzene rings is 2. The number of hydrogen-bond donors (Lipinski definition) is 5. The molecule has 5 atom stereocenters. The first-order chi connectivity index (χ1) is 28.4. The van der Waals surface area contributed by atoms with Crippen LogP contribution in [0.2, 0.25) is 0 Å². The number of nitrogens with two attached hydrogens (primary N) is 1. The van der Waals surface area contributed by atoms with Gasteiger partial charge in [-0.1, -0.05) is 50.8 Å². The van der Waals surface area contributed by atoms with E-state index in [4.69, 9.17) is 19.9 Å². The second kappa shape index (κ2) is 21.0. The van der Waals surface area contributed by atoms with Gasteiger partial charge in [-0.05, 0) is 64.2 Å². The van der Waals surface area contributed by atoms with Gasteiger partial charge in [0.1, 0.15) is 35.3 Å². The summed E-state index contributed by atoms with van der Waals surface area (Å²) in [6, 6.07) is 2.39. The first kappa shape index (κ1) is 47.0. The Morgan fingerprint density at radius 3 is 2.13 bits per heavy atom. The molecule has 0 spiro atoms. The highest BCUT2D eigenvalue weighted by atomic mass is 19.1. The van der Waals surface area contributed by atoms with E-state index in [9.17, 15) is 42.3 Å². The number of nitrogens with one attached hydrogen (secondary N) is 4. The molecule has 5 unspecified atom stereocenters. The number of ether oxygens (including phenoxy) is 3. The van der Waals surface area contributed by atoms with E-state index in [1.165, 1.54) is 25.2 Å². The van der Waals surface area contributed by atoms with Crippen molar-refractivity contribution in [2.24, 2.45) is 11.7 Å². The van der Waals surface area contributed by atoms with Gasteiger partial charge in [0.2, 0.25) is 29.4 Å². The van der Waals surface area contributed by atoms with Gasteiger partial charge in [-0.25, -0.2) is 8.78 Å². The van der Waals surface area contributed by atoms with Crippen molar-refractivity contribution in [2.45, 2.75) is 115 Å². The van der Waals surface area contributed by atoms with Gasteiger partial charge in [-0.2, -0.15) is 0 Å². The summed E-state index contributed by atoms with van der Waals surface area (Å²) in [4.78, 5) is 95.3. The first-order valence-corrected chi connectivity index (χ1v) is 20.1. The molecule has 1 aliphatic carbocycles. The molecule has 60 heavy (non-hydrogen) atoms. The summed E-state index contributed by atoms with van der Waals surface area (Å²) >= 11 is 0. The van der Waals surface area contributed by atoms with Gasteiger partial charge in [-0.15, -0.1) is 0 Å². The Labute approximate surface area is 348 Å². The Kier molecular flexibility index (Phi) is 16.5. The average molecular weight is 843 g/mol. The fourth-order valence-corrected chi connectivity index (χ4v) is 7.72. The Morgan fingerprint density at radius 1 is 0.900 bits per heavy atom. The van der Waals surface area contributed by atoms with Gasteiger partial charge in [0, 0.05) is 18.5 Å². The number of carbonyl (C=O) groups is 7. The topological polar surface area (TPSA) is 225 Å². The molecule has 1 aliphatic heterocycles. The van der Waals surface area contributed by atoms with Crippen LogP contribution in [0.5, 0.6) is 11.5 Å². The summed E-state index contributed by atoms with van der Waals surface area (Å²) < 4.78 is 46.2. The summed E-state index contributed by atoms with van der Waals surface area (Å²) in [6.45, 7) is 6.33. The summed E-state index contributed by atoms with van der Waals surface area (Å²) in [6.07, 6.45) is 3.21. The van der Waals surface area contributed by atoms with E-state index >= 15 is 0 Å². The molecule has 0 aromatic heterocycles. The second-order valence-corrected chi connectivity index (χ2v) is 15.9. The van der Waals surface area contributed by atoms with E-state index in [-0.39, 0.29) is 36.4 Å². The van der Waals surface area contributed by atoms with Crippen molar-refractivity contribution < 1.29 is 56.6 Å². The van der Waals surface area contributed by atoms with Crippen molar-refractivity contribution in [3.05, 3.63) is 59.2 Å². The van der Waals surface area contributed by atoms with Gasteiger partial charge in [-0.3, -0.25) is 33.6 Å². The molecule has 1 saturated heterocycles. The average Bonchev–Trinajstić information content (AvgIpc) is 3.62. The number of Topliss-reactive ketones (excluding diaryl/α,β-unsaturated/α-hetero) is 1. The number of nitrogens with zero attached hydrogens (tertiary/aromatic N) is 1. The Morgan fingerprint density at radius 2 is 1.55 bits per heavy atom. The number of para-hydroxylation sites is 1. The molecule has 1 saturated carbocycles. The lowest BCUT2D eigenvalue weighted by molar-refractivity contribution is -0.143. The number of methoxy groups -OCH3 is 2. The van der Waals surface area contributed by atoms with E-state index in [2.05, 4.69) is 21.3 Å². The number of primary amides is 1. The zero-order chi connectivity index (χ0) is 44.3. The predicted octanol–water partition coefficient (Wildman–Crippen LogP) is 2.76. The predicted molar refractivity (Wildman–Crippen MR) is 213 cm³/mol. The van der Waals surface area contributed by atoms with E-state index in [0.717, 1.165) is 37.5 Å². The van der Waals surface area contributed by atoms with Gasteiger partial charge >= 0.3 is 0 Å². The van der Waals surface area contributed by atoms with E-state index < -0.39 is 107 Å². The molecular weight excluding hydrogens is 786 g/mol. The minimum Gasteiger partial charge on any atom is -0.493 e. The molecule has 2 aromatic carbocycles. The fourth-order valence-electron chi connectivity index (χ4n) is 7.72. The lowest BCUT2D eigenvalue weighted by Crippen LogP contribution is -2.58. The number of hydrogen-bond acceptors (Lipinski definition) is 10. The maximum absolute atomic E-state index is 14.7. The number of carbonyl (C=O) groups excluding carboxylic acids is 7. The Balaban J connectivity index is 1.52. The molecule has 4 rings (SSSR count). The third-order valence-corrected chi connectivity index (χ3v) is 10.4. The normalized spacial score (nSPS) is 18.4. The van der Waals surface area contributed by atoms with Crippen molar-refractivity contribution in [3.63, 3.8) is 0 Å². The maximum Gasteiger partial charge on any atom is 0.290 e. The monoisotopic (exact) mass is 842 g/mol. The van der Waals surface area contributed by atoms with Gasteiger partial charge in [0.25, 0.3) is 11.8 Å². The summed E-state index contributed by atoms with van der Waals surface area (Å²) in [7, 11) is 2.73. The smallest absolute Gasteiger partial charge is 0.290 e. The van der Waals surface area contributed by atoms with E-state index in [1.807, 2.05) is 0 Å². The molecule has 6 amide bonds. The molecule has 0 radical (unpaired) electrons. The van der Waals surface area contributed by atoms with E-state index in [0.29, 0.717) is 19.3 Å². The number of likely N-dealkylation sites (tertiary alicyclic amines) is 1. The zero-order valence-corrected chi connectivity index (χ0v) is 34.9. The molecule has 328 valence electrons. The van der Waals surface area contributed by atoms with Crippen LogP contribution in [0.15, 0.2) is 36.4 Å². The maximum atomic E-state index is 14.7. The van der Waals surface area contributed by atoms with Crippen LogP contribution in [0.4, 0.5) is 8.78 Å². The third kappa shape index (κ3) is 12.0. The van der Waals surface area contributed by atoms with Crippen molar-refractivity contribution in [3.8, 4) is 11.5 Å². The molecular formula is C42H56F2N6O10. The highest BCUT2D eigenvalue weighted by molar-refractivity contribution is 6.38. The first-order valence-electron chi connectivity index (χ1n) is 20.1. The van der Waals surface area contributed by atoms with Gasteiger partial charge < -0.3 is 46.1 Å². The van der Waals surface area contributed by atoms with Crippen molar-refractivity contribution in [1.82, 2.24) is 26.2 Å². The largest absolute Gasteiger partial charge is 0.493 e. The molecule has 1 heterocycles. The quantitative estimate of drug-likeness (QED) is 0.138. The highest BCUT2D eigenvalue weighted by Crippen LogP contribution is 2.35. The minimum absolute atomic E-state index is 0.000620. The highest BCUT2D eigenvalue weighted by Gasteiger charge is 2.46. The summed E-state index contributed by atoms with van der Waals surface area (Å²) in [5.74, 6) is -8.81. The van der Waals surface area contributed by atoms with Crippen LogP contribution in [0.25, 0.3) is 0 Å². The fraction of sp³-hybridized carbons (Fsp3) is 0.548. The van der Waals surface area contributed by atoms with Crippen LogP contribution >= 0.6 is 0 Å². The SMILES string of the molecule is CCCC(NC(=O)C1CC(OC(C)(C)C)CN1C(=O)C(NC(=O)c1c(F)cccc1F)C1CCCCC1)C(=O)C(=O)NCC(=O)NC(C(N)=O)c1cccc(OC)c1OC. The van der Waals surface area contributed by atoms with Crippen LogP contribution < -0.4 is 36.5 Å². The molecule has 16 nitrogen and oxygen atoms in total. The number of rotatable bonds is 18. The molecule has 2 aliphatic rings. The van der Waals surface area contributed by atoms with Crippen LogP contribution in [-0.2, 0) is 33.5 Å². The van der Waals surface area contributed by atoms with Crippen molar-refractivity contribution in [1.29, 1.82) is 0 Å². The molecule has 18 heteroatoms. The van der Waals surface area contributed by atoms with Crippen molar-refractivity contribution >= 4 is 41.2 Å². The lowest BCUT2D eigenvalue weighted by Gasteiger charge is -2.35. The number of amides is 6. The molecule has 2 aromatic rings. The standard InChI is InChI=1S/C42H56F2N6O10/c1-7-13-28(35(52)40(56)46-21-31(51)48-34(37(45)53)25-16-11-19-30(58-5)36(25)59-6)47-38(54)29-20-24(60-42(2,3)4)22-50(29)41(57)33(23-14-9-8-10-15-23)49-39(55)32-26(43)17-12-18-27(32)44/h11-12,16-19,23-24,28-29,33-34H,7-10,13-15,20-22H2,1-6H3,(H2,45,53)(H,46,56)(H,47,54)(H,48,51)(H,49,55). The Bertz CT molecular complexity index is 1900. The summed E-state index contributed by atoms with van der Waals surface area (Å²) in [5, 5.41) is 9.83. The summed E-state index contributed by atoms with van der Waals surface area (Å²) in [5.41, 5.74) is 4.24. The number of halogens is 2. The van der Waals surface area contributed by atoms with Gasteiger partial charge in [0.05, 0.1) is 38.5 Å². The Hall–Kier alpha value is -5.65. The second-order valence-electron chi connectivity index (χ2n) is 15.9. The van der Waals surface area contributed by atoms with Crippen LogP contribution in [0.1, 0.15) is 101 Å². The van der Waals surface area contributed by atoms with Crippen molar-refractivity contribution in [2.75, 3.05) is 27.3 Å².